The molecule has 2 aromatic rings. The van der Waals surface area contributed by atoms with Gasteiger partial charge >= 0.3 is 17.9 Å². The van der Waals surface area contributed by atoms with Crippen molar-refractivity contribution in [1.82, 2.24) is 4.57 Å². The van der Waals surface area contributed by atoms with E-state index in [-0.39, 0.29) is 12.0 Å². The van der Waals surface area contributed by atoms with E-state index >= 15 is 0 Å². The lowest BCUT2D eigenvalue weighted by Gasteiger charge is -2.12. The molecule has 0 radical (unpaired) electrons. The Balaban J connectivity index is 0.000000300. The van der Waals surface area contributed by atoms with Crippen molar-refractivity contribution in [3.8, 4) is 11.3 Å². The van der Waals surface area contributed by atoms with Crippen molar-refractivity contribution in [1.29, 1.82) is 0 Å². The highest BCUT2D eigenvalue weighted by Crippen LogP contribution is 2.38. The molecule has 3 rings (SSSR count). The molecule has 8 nitrogen and oxygen atoms in total. The van der Waals surface area contributed by atoms with E-state index in [1.165, 1.54) is 23.9 Å². The molecule has 1 atom stereocenters. The van der Waals surface area contributed by atoms with Crippen molar-refractivity contribution in [3.05, 3.63) is 59.3 Å². The van der Waals surface area contributed by atoms with Crippen molar-refractivity contribution in [2.24, 2.45) is 5.73 Å². The van der Waals surface area contributed by atoms with Crippen LogP contribution in [0.2, 0.25) is 0 Å². The molecule has 1 unspecified atom stereocenters. The first-order chi connectivity index (χ1) is 13.2. The molecule has 0 amide bonds. The number of esters is 1. The Kier molecular flexibility index (Phi) is 6.73. The second-order valence-electron chi connectivity index (χ2n) is 6.37. The molecule has 1 aromatic carbocycles. The maximum absolute atomic E-state index is 11.7. The Labute approximate surface area is 161 Å². The van der Waals surface area contributed by atoms with Crippen LogP contribution in [0, 0.1) is 0 Å². The van der Waals surface area contributed by atoms with Crippen molar-refractivity contribution in [2.75, 3.05) is 7.11 Å². The van der Waals surface area contributed by atoms with Crippen LogP contribution in [0.1, 0.15) is 28.4 Å². The van der Waals surface area contributed by atoms with Crippen LogP contribution in [0.5, 0.6) is 0 Å². The van der Waals surface area contributed by atoms with Gasteiger partial charge in [0.05, 0.1) is 18.4 Å². The lowest BCUT2D eigenvalue weighted by atomic mass is 10.1. The summed E-state index contributed by atoms with van der Waals surface area (Å²) in [7, 11) is 1.40. The summed E-state index contributed by atoms with van der Waals surface area (Å²) in [6.07, 6.45) is 4.10. The lowest BCUT2D eigenvalue weighted by Crippen LogP contribution is -2.22. The van der Waals surface area contributed by atoms with Crippen LogP contribution in [0.25, 0.3) is 11.3 Å². The summed E-state index contributed by atoms with van der Waals surface area (Å²) < 4.78 is 6.97. The van der Waals surface area contributed by atoms with Gasteiger partial charge in [0.15, 0.2) is 0 Å². The first-order valence-electron chi connectivity index (χ1n) is 8.52. The number of ether oxygens (including phenoxy) is 1. The van der Waals surface area contributed by atoms with E-state index in [4.69, 9.17) is 20.7 Å². The number of aromatic nitrogens is 1. The van der Waals surface area contributed by atoms with Gasteiger partial charge in [0, 0.05) is 42.9 Å². The molecular formula is C20H22N2O6. The summed E-state index contributed by atoms with van der Waals surface area (Å²) in [5.74, 6) is -2.81. The number of carbonyl (C=O) groups is 3. The molecule has 0 bridgehead atoms. The maximum Gasteiger partial charge on any atom is 0.337 e. The summed E-state index contributed by atoms with van der Waals surface area (Å²) in [5, 5.41) is 15.6. The summed E-state index contributed by atoms with van der Waals surface area (Å²) in [5.41, 5.74) is 11.3. The van der Waals surface area contributed by atoms with Gasteiger partial charge in [-0.3, -0.25) is 0 Å². The van der Waals surface area contributed by atoms with E-state index in [1.807, 2.05) is 25.1 Å². The number of fused-ring (bicyclic) bond motifs is 3. The minimum absolute atomic E-state index is 0.0966. The Morgan fingerprint density at radius 2 is 1.82 bits per heavy atom. The molecule has 8 heteroatoms. The van der Waals surface area contributed by atoms with Crippen LogP contribution < -0.4 is 5.73 Å². The number of aliphatic carboxylic acids is 2. The van der Waals surface area contributed by atoms with Gasteiger partial charge in [-0.05, 0) is 36.2 Å². The number of benzene rings is 1. The fourth-order valence-electron chi connectivity index (χ4n) is 2.99. The molecule has 0 saturated heterocycles. The molecule has 0 aliphatic heterocycles. The van der Waals surface area contributed by atoms with Gasteiger partial charge < -0.3 is 25.3 Å². The standard InChI is InChI=1S/C16H18N2O2.C4H4O4/c1-10(17)9-18-6-5-12-7-11-3-4-13(16(19)20-2)8-14(11)15(12)18;5-3(6)1-2-4(7)8/h3-6,8,10H,7,9,17H2,1-2H3;1-2H,(H,5,6)(H,7,8). The monoisotopic (exact) mass is 386 g/mol. The minimum atomic E-state index is -1.26. The van der Waals surface area contributed by atoms with Gasteiger partial charge in [-0.2, -0.15) is 0 Å². The van der Waals surface area contributed by atoms with E-state index in [9.17, 15) is 14.4 Å². The molecule has 28 heavy (non-hydrogen) atoms. The van der Waals surface area contributed by atoms with Crippen LogP contribution in [-0.4, -0.2) is 45.8 Å². The Hall–Kier alpha value is -3.39. The van der Waals surface area contributed by atoms with Crippen molar-refractivity contribution < 1.29 is 29.3 Å². The number of nitrogens with zero attached hydrogens (tertiary/aromatic N) is 1. The summed E-state index contributed by atoms with van der Waals surface area (Å²) in [4.78, 5) is 30.8. The molecule has 4 N–H and O–H groups in total. The molecule has 1 aromatic heterocycles. The third-order valence-corrected chi connectivity index (χ3v) is 4.07. The molecule has 0 saturated carbocycles. The second-order valence-corrected chi connectivity index (χ2v) is 6.37. The summed E-state index contributed by atoms with van der Waals surface area (Å²) in [6, 6.07) is 7.99. The van der Waals surface area contributed by atoms with Gasteiger partial charge in [-0.25, -0.2) is 14.4 Å². The maximum atomic E-state index is 11.7. The zero-order valence-corrected chi connectivity index (χ0v) is 15.6. The molecule has 0 spiro atoms. The van der Waals surface area contributed by atoms with Gasteiger partial charge in [0.2, 0.25) is 0 Å². The second kappa shape index (κ2) is 9.01. The topological polar surface area (TPSA) is 132 Å². The van der Waals surface area contributed by atoms with E-state index in [1.54, 1.807) is 0 Å². The van der Waals surface area contributed by atoms with Gasteiger partial charge in [-0.15, -0.1) is 0 Å². The van der Waals surface area contributed by atoms with Crippen LogP contribution in [0.15, 0.2) is 42.6 Å². The van der Waals surface area contributed by atoms with Crippen molar-refractivity contribution >= 4 is 17.9 Å². The SMILES string of the molecule is COC(=O)c1ccc2c(c1)-c1c(ccn1CC(C)N)C2.O=C(O)C=CC(=O)O. The lowest BCUT2D eigenvalue weighted by molar-refractivity contribution is -0.134. The highest BCUT2D eigenvalue weighted by atomic mass is 16.5. The van der Waals surface area contributed by atoms with E-state index in [0.717, 1.165) is 18.5 Å². The van der Waals surface area contributed by atoms with E-state index in [2.05, 4.69) is 16.8 Å². The highest BCUT2D eigenvalue weighted by molar-refractivity contribution is 5.92. The quantitative estimate of drug-likeness (QED) is 0.451. The average molecular weight is 386 g/mol. The Morgan fingerprint density at radius 1 is 1.18 bits per heavy atom. The smallest absolute Gasteiger partial charge is 0.337 e. The van der Waals surface area contributed by atoms with Gasteiger partial charge in [0.1, 0.15) is 0 Å². The summed E-state index contributed by atoms with van der Waals surface area (Å²) in [6.45, 7) is 2.77. The predicted molar refractivity (Wildman–Crippen MR) is 102 cm³/mol. The van der Waals surface area contributed by atoms with Gasteiger partial charge in [-0.1, -0.05) is 6.07 Å². The van der Waals surface area contributed by atoms with Crippen molar-refractivity contribution in [3.63, 3.8) is 0 Å². The predicted octanol–water partition coefficient (Wildman–Crippen LogP) is 1.90. The normalized spacial score (nSPS) is 12.5. The van der Waals surface area contributed by atoms with Crippen LogP contribution in [0.3, 0.4) is 0 Å². The van der Waals surface area contributed by atoms with Crippen molar-refractivity contribution in [2.45, 2.75) is 25.9 Å². The van der Waals surface area contributed by atoms with Crippen LogP contribution >= 0.6 is 0 Å². The molecule has 1 aliphatic carbocycles. The zero-order chi connectivity index (χ0) is 20.8. The molecule has 0 fully saturated rings. The molecule has 148 valence electrons. The third-order valence-electron chi connectivity index (χ3n) is 4.07. The van der Waals surface area contributed by atoms with Crippen LogP contribution in [-0.2, 0) is 27.3 Å². The Morgan fingerprint density at radius 3 is 2.36 bits per heavy atom. The first kappa shape index (κ1) is 20.9. The number of carboxylic acid groups (broad SMARTS) is 2. The van der Waals surface area contributed by atoms with Gasteiger partial charge in [0.25, 0.3) is 0 Å². The largest absolute Gasteiger partial charge is 0.478 e. The average Bonchev–Trinajstić information content (AvgIpc) is 3.18. The highest BCUT2D eigenvalue weighted by Gasteiger charge is 2.23. The fourth-order valence-corrected chi connectivity index (χ4v) is 2.99. The summed E-state index contributed by atoms with van der Waals surface area (Å²) >= 11 is 0. The van der Waals surface area contributed by atoms with E-state index < -0.39 is 11.9 Å². The number of rotatable bonds is 5. The number of methoxy groups -OCH3 is 1. The number of hydrogen-bond donors (Lipinski definition) is 3. The number of hydrogen-bond acceptors (Lipinski definition) is 5. The molecule has 1 heterocycles. The fraction of sp³-hybridized carbons (Fsp3) is 0.250. The number of carbonyl (C=O) groups excluding carboxylic acids is 1. The first-order valence-corrected chi connectivity index (χ1v) is 8.52. The number of carboxylic acids is 2. The Bertz CT molecular complexity index is 911. The number of nitrogens with two attached hydrogens (primary N) is 1. The molecular weight excluding hydrogens is 364 g/mol. The minimum Gasteiger partial charge on any atom is -0.478 e. The van der Waals surface area contributed by atoms with Crippen LogP contribution in [0.4, 0.5) is 0 Å². The zero-order valence-electron chi connectivity index (χ0n) is 15.6. The molecule has 1 aliphatic rings. The third kappa shape index (κ3) is 5.08. The van der Waals surface area contributed by atoms with E-state index in [0.29, 0.717) is 17.7 Å².